The lowest BCUT2D eigenvalue weighted by Crippen LogP contribution is -2.19. The summed E-state index contributed by atoms with van der Waals surface area (Å²) in [7, 11) is 0. The summed E-state index contributed by atoms with van der Waals surface area (Å²) in [5.41, 5.74) is 1.86. The predicted octanol–water partition coefficient (Wildman–Crippen LogP) is 4.62. The van der Waals surface area contributed by atoms with Crippen LogP contribution >= 0.6 is 11.6 Å². The van der Waals surface area contributed by atoms with Gasteiger partial charge in [-0.05, 0) is 44.7 Å². The Hall–Kier alpha value is -2.40. The molecular formula is C19H19ClN4O. The summed E-state index contributed by atoms with van der Waals surface area (Å²) in [5, 5.41) is 8.94. The van der Waals surface area contributed by atoms with Crippen molar-refractivity contribution < 1.29 is 4.79 Å². The number of carbonyl (C=O) groups is 1. The van der Waals surface area contributed by atoms with Gasteiger partial charge in [0.25, 0.3) is 5.91 Å². The number of fused-ring (bicyclic) bond motifs is 1. The first-order valence-electron chi connectivity index (χ1n) is 8.45. The Kier molecular flexibility index (Phi) is 3.96. The standard InChI is InChI=1S/C19H19ClN4O/c1-11-10-17(24(23-11)12(2)13-6-7-13)22-19(25)16-9-8-14-4-3-5-15(20)18(14)21-16/h3-5,8-10,12-13H,6-7H2,1-2H3,(H,22,25). The van der Waals surface area contributed by atoms with Crippen molar-refractivity contribution in [3.63, 3.8) is 0 Å². The predicted molar refractivity (Wildman–Crippen MR) is 99.1 cm³/mol. The molecule has 1 amide bonds. The van der Waals surface area contributed by atoms with Crippen molar-refractivity contribution in [1.82, 2.24) is 14.8 Å². The smallest absolute Gasteiger partial charge is 0.275 e. The summed E-state index contributed by atoms with van der Waals surface area (Å²) in [4.78, 5) is 17.1. The first kappa shape index (κ1) is 16.1. The lowest BCUT2D eigenvalue weighted by atomic mass is 10.2. The van der Waals surface area contributed by atoms with Crippen molar-refractivity contribution in [2.75, 3.05) is 5.32 Å². The third kappa shape index (κ3) is 3.12. The molecule has 4 rings (SSSR count). The van der Waals surface area contributed by atoms with E-state index in [2.05, 4.69) is 22.3 Å². The van der Waals surface area contributed by atoms with Gasteiger partial charge in [-0.1, -0.05) is 29.8 Å². The van der Waals surface area contributed by atoms with Gasteiger partial charge < -0.3 is 5.32 Å². The van der Waals surface area contributed by atoms with Crippen LogP contribution in [-0.2, 0) is 0 Å². The van der Waals surface area contributed by atoms with Crippen molar-refractivity contribution in [2.24, 2.45) is 5.92 Å². The molecule has 1 aliphatic carbocycles. The maximum absolute atomic E-state index is 12.7. The Bertz CT molecular complexity index is 961. The van der Waals surface area contributed by atoms with Gasteiger partial charge in [0.15, 0.2) is 0 Å². The van der Waals surface area contributed by atoms with Gasteiger partial charge in [-0.15, -0.1) is 0 Å². The van der Waals surface area contributed by atoms with Crippen LogP contribution in [0.1, 0.15) is 42.0 Å². The number of pyridine rings is 1. The van der Waals surface area contributed by atoms with Gasteiger partial charge >= 0.3 is 0 Å². The van der Waals surface area contributed by atoms with Crippen molar-refractivity contribution in [3.05, 3.63) is 52.8 Å². The number of carbonyl (C=O) groups excluding carboxylic acids is 1. The fourth-order valence-electron chi connectivity index (χ4n) is 3.12. The van der Waals surface area contributed by atoms with Gasteiger partial charge in [-0.3, -0.25) is 4.79 Å². The molecule has 25 heavy (non-hydrogen) atoms. The van der Waals surface area contributed by atoms with E-state index in [0.717, 1.165) is 11.1 Å². The van der Waals surface area contributed by atoms with E-state index in [1.807, 2.05) is 35.9 Å². The molecule has 1 aromatic carbocycles. The van der Waals surface area contributed by atoms with E-state index >= 15 is 0 Å². The molecule has 0 radical (unpaired) electrons. The highest BCUT2D eigenvalue weighted by Gasteiger charge is 2.31. The first-order chi connectivity index (χ1) is 12.0. The van der Waals surface area contributed by atoms with Gasteiger partial charge in [0.05, 0.1) is 22.3 Å². The zero-order valence-corrected chi connectivity index (χ0v) is 14.9. The number of para-hydroxylation sites is 1. The van der Waals surface area contributed by atoms with Gasteiger partial charge in [-0.2, -0.15) is 5.10 Å². The molecule has 0 saturated heterocycles. The van der Waals surface area contributed by atoms with Crippen LogP contribution in [0.15, 0.2) is 36.4 Å². The van der Waals surface area contributed by atoms with Crippen LogP contribution in [0.4, 0.5) is 5.82 Å². The Morgan fingerprint density at radius 2 is 2.12 bits per heavy atom. The fraction of sp³-hybridized carbons (Fsp3) is 0.316. The summed E-state index contributed by atoms with van der Waals surface area (Å²) in [6, 6.07) is 11.3. The normalized spacial score (nSPS) is 15.3. The number of hydrogen-bond acceptors (Lipinski definition) is 3. The Morgan fingerprint density at radius 1 is 1.32 bits per heavy atom. The number of halogens is 1. The molecule has 128 valence electrons. The largest absolute Gasteiger partial charge is 0.305 e. The van der Waals surface area contributed by atoms with Crippen molar-refractivity contribution in [2.45, 2.75) is 32.7 Å². The Labute approximate surface area is 151 Å². The van der Waals surface area contributed by atoms with Crippen molar-refractivity contribution in [1.29, 1.82) is 0 Å². The molecule has 0 aliphatic heterocycles. The molecule has 5 nitrogen and oxygen atoms in total. The van der Waals surface area contributed by atoms with E-state index in [1.165, 1.54) is 12.8 Å². The zero-order valence-electron chi connectivity index (χ0n) is 14.2. The van der Waals surface area contributed by atoms with Crippen LogP contribution < -0.4 is 5.32 Å². The van der Waals surface area contributed by atoms with E-state index in [-0.39, 0.29) is 11.9 Å². The topological polar surface area (TPSA) is 59.8 Å². The first-order valence-corrected chi connectivity index (χ1v) is 8.83. The highest BCUT2D eigenvalue weighted by Crippen LogP contribution is 2.40. The number of aromatic nitrogens is 3. The maximum Gasteiger partial charge on any atom is 0.275 e. The molecule has 1 N–H and O–H groups in total. The van der Waals surface area contributed by atoms with Gasteiger partial charge in [0.2, 0.25) is 0 Å². The third-order valence-electron chi connectivity index (χ3n) is 4.69. The molecule has 1 atom stereocenters. The number of anilines is 1. The second kappa shape index (κ2) is 6.15. The molecule has 2 heterocycles. The number of benzene rings is 1. The summed E-state index contributed by atoms with van der Waals surface area (Å²) < 4.78 is 1.92. The third-order valence-corrected chi connectivity index (χ3v) is 5.00. The van der Waals surface area contributed by atoms with E-state index in [9.17, 15) is 4.79 Å². The molecule has 1 fully saturated rings. The minimum Gasteiger partial charge on any atom is -0.305 e. The molecule has 0 spiro atoms. The zero-order chi connectivity index (χ0) is 17.6. The van der Waals surface area contributed by atoms with Crippen LogP contribution in [0.3, 0.4) is 0 Å². The van der Waals surface area contributed by atoms with Crippen molar-refractivity contribution >= 4 is 34.2 Å². The second-order valence-corrected chi connectivity index (χ2v) is 7.06. The van der Waals surface area contributed by atoms with Crippen LogP contribution in [0.2, 0.25) is 5.02 Å². The number of amides is 1. The van der Waals surface area contributed by atoms with Crippen molar-refractivity contribution in [3.8, 4) is 0 Å². The summed E-state index contributed by atoms with van der Waals surface area (Å²) >= 11 is 6.20. The van der Waals surface area contributed by atoms with Crippen LogP contribution in [0.25, 0.3) is 10.9 Å². The lowest BCUT2D eigenvalue weighted by molar-refractivity contribution is 0.102. The van der Waals surface area contributed by atoms with Crippen LogP contribution in [0.5, 0.6) is 0 Å². The highest BCUT2D eigenvalue weighted by molar-refractivity contribution is 6.35. The number of nitrogens with zero attached hydrogens (tertiary/aromatic N) is 3. The minimum atomic E-state index is -0.258. The molecule has 1 aliphatic rings. The summed E-state index contributed by atoms with van der Waals surface area (Å²) in [5.74, 6) is 1.10. The van der Waals surface area contributed by atoms with E-state index < -0.39 is 0 Å². The van der Waals surface area contributed by atoms with Gasteiger partial charge in [-0.25, -0.2) is 9.67 Å². The summed E-state index contributed by atoms with van der Waals surface area (Å²) in [6.07, 6.45) is 2.44. The molecular weight excluding hydrogens is 336 g/mol. The lowest BCUT2D eigenvalue weighted by Gasteiger charge is -2.15. The number of rotatable bonds is 4. The average Bonchev–Trinajstić information content (AvgIpc) is 3.38. The maximum atomic E-state index is 12.7. The van der Waals surface area contributed by atoms with Gasteiger partial charge in [0.1, 0.15) is 11.5 Å². The molecule has 1 saturated carbocycles. The Balaban J connectivity index is 1.63. The van der Waals surface area contributed by atoms with Crippen LogP contribution in [-0.4, -0.2) is 20.7 Å². The van der Waals surface area contributed by atoms with Crippen LogP contribution in [0, 0.1) is 12.8 Å². The number of nitrogens with one attached hydrogen (secondary N) is 1. The SMILES string of the molecule is Cc1cc(NC(=O)c2ccc3cccc(Cl)c3n2)n(C(C)C2CC2)n1. The van der Waals surface area contributed by atoms with E-state index in [1.54, 1.807) is 12.1 Å². The highest BCUT2D eigenvalue weighted by atomic mass is 35.5. The quantitative estimate of drug-likeness (QED) is 0.743. The van der Waals surface area contributed by atoms with E-state index in [0.29, 0.717) is 28.0 Å². The number of hydrogen-bond donors (Lipinski definition) is 1. The molecule has 0 bridgehead atoms. The second-order valence-electron chi connectivity index (χ2n) is 6.66. The molecule has 2 aromatic heterocycles. The summed E-state index contributed by atoms with van der Waals surface area (Å²) in [6.45, 7) is 4.08. The average molecular weight is 355 g/mol. The molecule has 3 aromatic rings. The van der Waals surface area contributed by atoms with E-state index in [4.69, 9.17) is 11.6 Å². The molecule has 6 heteroatoms. The monoisotopic (exact) mass is 354 g/mol. The fourth-order valence-corrected chi connectivity index (χ4v) is 3.34. The Morgan fingerprint density at radius 3 is 2.88 bits per heavy atom. The van der Waals surface area contributed by atoms with Gasteiger partial charge in [0, 0.05) is 11.5 Å². The number of aryl methyl sites for hydroxylation is 1. The minimum absolute atomic E-state index is 0.258. The molecule has 1 unspecified atom stereocenters.